The second-order valence-corrected chi connectivity index (χ2v) is 6.69. The van der Waals surface area contributed by atoms with Gasteiger partial charge in [0.15, 0.2) is 0 Å². The van der Waals surface area contributed by atoms with Crippen LogP contribution < -0.4 is 10.1 Å². The summed E-state index contributed by atoms with van der Waals surface area (Å²) in [5.74, 6) is -0.125. The highest BCUT2D eigenvalue weighted by Crippen LogP contribution is 2.21. The third kappa shape index (κ3) is 6.02. The molecule has 0 aromatic heterocycles. The van der Waals surface area contributed by atoms with Gasteiger partial charge in [0.1, 0.15) is 5.75 Å². The molecule has 1 saturated carbocycles. The quantitative estimate of drug-likeness (QED) is 0.733. The monoisotopic (exact) mass is 379 g/mol. The zero-order valence-corrected chi connectivity index (χ0v) is 14.9. The highest BCUT2D eigenvalue weighted by molar-refractivity contribution is 5.92. The highest BCUT2D eigenvalue weighted by atomic mass is 19.3. The molecular weight excluding hydrogens is 356 g/mol. The Balaban J connectivity index is 1.48. The summed E-state index contributed by atoms with van der Waals surface area (Å²) < 4.78 is 29.3. The molecule has 2 aliphatic rings. The fourth-order valence-corrected chi connectivity index (χ4v) is 2.92. The number of alkyl halides is 2. The standard InChI is InChI=1S/C19H23F2N3O3/c20-19(21)27-16-4-2-1-3-14(16)5-8-18(26)24-11-9-23(10-12-24)13-17(25)22-15-6-7-15/h1-5,8,15,19H,6-7,9-13H2,(H,22,25)/b8-5+. The van der Waals surface area contributed by atoms with Crippen LogP contribution in [0.2, 0.25) is 0 Å². The van der Waals surface area contributed by atoms with Gasteiger partial charge < -0.3 is 15.0 Å². The van der Waals surface area contributed by atoms with E-state index < -0.39 is 6.61 Å². The average molecular weight is 379 g/mol. The molecule has 2 fully saturated rings. The number of piperazine rings is 1. The molecule has 0 spiro atoms. The lowest BCUT2D eigenvalue weighted by Gasteiger charge is -2.33. The Morgan fingerprint density at radius 3 is 2.56 bits per heavy atom. The van der Waals surface area contributed by atoms with Gasteiger partial charge >= 0.3 is 6.61 Å². The molecule has 1 aromatic rings. The summed E-state index contributed by atoms with van der Waals surface area (Å²) in [6.45, 7) is -0.261. The maximum atomic E-state index is 12.4. The molecule has 1 aliphatic heterocycles. The first-order valence-corrected chi connectivity index (χ1v) is 9.04. The van der Waals surface area contributed by atoms with E-state index in [2.05, 4.69) is 10.1 Å². The highest BCUT2D eigenvalue weighted by Gasteiger charge is 2.25. The summed E-state index contributed by atoms with van der Waals surface area (Å²) >= 11 is 0. The van der Waals surface area contributed by atoms with Gasteiger partial charge in [0, 0.05) is 43.9 Å². The Hall–Kier alpha value is -2.48. The van der Waals surface area contributed by atoms with Gasteiger partial charge in [-0.25, -0.2) is 0 Å². The molecule has 8 heteroatoms. The molecule has 1 N–H and O–H groups in total. The Morgan fingerprint density at radius 1 is 1.19 bits per heavy atom. The molecule has 1 aromatic carbocycles. The number of hydrogen-bond donors (Lipinski definition) is 1. The van der Waals surface area contributed by atoms with Crippen molar-refractivity contribution < 1.29 is 23.1 Å². The summed E-state index contributed by atoms with van der Waals surface area (Å²) in [5, 5.41) is 2.95. The predicted octanol–water partition coefficient (Wildman–Crippen LogP) is 1.72. The SMILES string of the molecule is O=C(CN1CCN(C(=O)/C=C/c2ccccc2OC(F)F)CC1)NC1CC1. The van der Waals surface area contributed by atoms with Crippen LogP contribution in [0.4, 0.5) is 8.78 Å². The van der Waals surface area contributed by atoms with E-state index in [9.17, 15) is 18.4 Å². The number of hydrogen-bond acceptors (Lipinski definition) is 4. The third-order valence-electron chi connectivity index (χ3n) is 4.53. The summed E-state index contributed by atoms with van der Waals surface area (Å²) in [7, 11) is 0. The van der Waals surface area contributed by atoms with Crippen molar-refractivity contribution in [2.75, 3.05) is 32.7 Å². The predicted molar refractivity (Wildman–Crippen MR) is 96.3 cm³/mol. The van der Waals surface area contributed by atoms with Crippen LogP contribution in [-0.2, 0) is 9.59 Å². The fourth-order valence-electron chi connectivity index (χ4n) is 2.92. The molecule has 6 nitrogen and oxygen atoms in total. The van der Waals surface area contributed by atoms with Gasteiger partial charge in [-0.15, -0.1) is 0 Å². The smallest absolute Gasteiger partial charge is 0.387 e. The first-order valence-electron chi connectivity index (χ1n) is 9.04. The van der Waals surface area contributed by atoms with Crippen molar-refractivity contribution in [1.29, 1.82) is 0 Å². The minimum Gasteiger partial charge on any atom is -0.434 e. The van der Waals surface area contributed by atoms with Gasteiger partial charge in [-0.3, -0.25) is 14.5 Å². The minimum atomic E-state index is -2.92. The second-order valence-electron chi connectivity index (χ2n) is 6.69. The number of para-hydroxylation sites is 1. The van der Waals surface area contributed by atoms with Gasteiger partial charge in [0.2, 0.25) is 11.8 Å². The van der Waals surface area contributed by atoms with Crippen LogP contribution in [-0.4, -0.2) is 67.0 Å². The van der Waals surface area contributed by atoms with Crippen molar-refractivity contribution in [2.24, 2.45) is 0 Å². The van der Waals surface area contributed by atoms with Gasteiger partial charge in [0.25, 0.3) is 0 Å². The third-order valence-corrected chi connectivity index (χ3v) is 4.53. The van der Waals surface area contributed by atoms with E-state index in [1.54, 1.807) is 23.1 Å². The number of benzene rings is 1. The molecule has 0 atom stereocenters. The Kier molecular flexibility index (Phi) is 6.39. The van der Waals surface area contributed by atoms with Crippen LogP contribution in [0.5, 0.6) is 5.75 Å². The average Bonchev–Trinajstić information content (AvgIpc) is 3.44. The second kappa shape index (κ2) is 8.94. The van der Waals surface area contributed by atoms with Crippen LogP contribution in [0.3, 0.4) is 0 Å². The number of nitrogens with zero attached hydrogens (tertiary/aromatic N) is 2. The Bertz CT molecular complexity index is 699. The van der Waals surface area contributed by atoms with Gasteiger partial charge in [-0.05, 0) is 25.0 Å². The van der Waals surface area contributed by atoms with Crippen molar-refractivity contribution in [3.8, 4) is 5.75 Å². The van der Waals surface area contributed by atoms with E-state index in [-0.39, 0.29) is 17.6 Å². The topological polar surface area (TPSA) is 61.9 Å². The van der Waals surface area contributed by atoms with E-state index in [0.717, 1.165) is 12.8 Å². The normalized spacial score (nSPS) is 18.1. The summed E-state index contributed by atoms with van der Waals surface area (Å²) in [4.78, 5) is 27.9. The zero-order valence-electron chi connectivity index (χ0n) is 14.9. The Morgan fingerprint density at radius 2 is 1.89 bits per heavy atom. The van der Waals surface area contributed by atoms with Crippen molar-refractivity contribution in [3.63, 3.8) is 0 Å². The lowest BCUT2D eigenvalue weighted by molar-refractivity contribution is -0.128. The molecular formula is C19H23F2N3O3. The van der Waals surface area contributed by atoms with Crippen LogP contribution in [0.15, 0.2) is 30.3 Å². The number of ether oxygens (including phenoxy) is 1. The molecule has 1 aliphatic carbocycles. The lowest BCUT2D eigenvalue weighted by Crippen LogP contribution is -2.51. The number of amides is 2. The van der Waals surface area contributed by atoms with Crippen LogP contribution in [0.1, 0.15) is 18.4 Å². The lowest BCUT2D eigenvalue weighted by atomic mass is 10.2. The molecule has 0 bridgehead atoms. The summed E-state index contributed by atoms with van der Waals surface area (Å²) in [6.07, 6.45) is 4.97. The molecule has 1 saturated heterocycles. The van der Waals surface area contributed by atoms with Crippen LogP contribution in [0, 0.1) is 0 Å². The van der Waals surface area contributed by atoms with E-state index in [1.165, 1.54) is 18.2 Å². The fraction of sp³-hybridized carbons (Fsp3) is 0.474. The summed E-state index contributed by atoms with van der Waals surface area (Å²) in [6, 6.07) is 6.67. The van der Waals surface area contributed by atoms with Crippen molar-refractivity contribution in [1.82, 2.24) is 15.1 Å². The van der Waals surface area contributed by atoms with Gasteiger partial charge in [-0.1, -0.05) is 18.2 Å². The van der Waals surface area contributed by atoms with Crippen LogP contribution in [0.25, 0.3) is 6.08 Å². The van der Waals surface area contributed by atoms with Crippen molar-refractivity contribution in [2.45, 2.75) is 25.5 Å². The minimum absolute atomic E-state index is 0.0306. The maximum Gasteiger partial charge on any atom is 0.387 e. The van der Waals surface area contributed by atoms with E-state index in [1.807, 2.05) is 4.90 Å². The van der Waals surface area contributed by atoms with Gasteiger partial charge in [-0.2, -0.15) is 8.78 Å². The molecule has 0 unspecified atom stereocenters. The number of carbonyl (C=O) groups is 2. The van der Waals surface area contributed by atoms with E-state index in [0.29, 0.717) is 44.3 Å². The first kappa shape index (κ1) is 19.3. The number of nitrogens with one attached hydrogen (secondary N) is 1. The molecule has 27 heavy (non-hydrogen) atoms. The number of halogens is 2. The number of rotatable bonds is 7. The molecule has 3 rings (SSSR count). The Labute approximate surface area is 156 Å². The maximum absolute atomic E-state index is 12.4. The van der Waals surface area contributed by atoms with E-state index >= 15 is 0 Å². The van der Waals surface area contributed by atoms with Crippen molar-refractivity contribution >= 4 is 17.9 Å². The first-order chi connectivity index (χ1) is 13.0. The van der Waals surface area contributed by atoms with E-state index in [4.69, 9.17) is 0 Å². The van der Waals surface area contributed by atoms with Crippen LogP contribution >= 0.6 is 0 Å². The van der Waals surface area contributed by atoms with Gasteiger partial charge in [0.05, 0.1) is 6.54 Å². The molecule has 2 amide bonds. The largest absolute Gasteiger partial charge is 0.434 e. The van der Waals surface area contributed by atoms with Crippen molar-refractivity contribution in [3.05, 3.63) is 35.9 Å². The summed E-state index contributed by atoms with van der Waals surface area (Å²) in [5.41, 5.74) is 0.418. The molecule has 1 heterocycles. The zero-order chi connectivity index (χ0) is 19.2. The molecule has 146 valence electrons. The number of carbonyl (C=O) groups excluding carboxylic acids is 2. The molecule has 0 radical (unpaired) electrons.